The van der Waals surface area contributed by atoms with Gasteiger partial charge in [-0.3, -0.25) is 4.40 Å². The lowest BCUT2D eigenvalue weighted by atomic mass is 10.1. The highest BCUT2D eigenvalue weighted by atomic mass is 32.1. The number of rotatable bonds is 4. The third kappa shape index (κ3) is 2.19. The summed E-state index contributed by atoms with van der Waals surface area (Å²) in [5, 5.41) is 2.12. The normalized spacial score (nSPS) is 11.2. The number of methoxy groups -OCH3 is 1. The summed E-state index contributed by atoms with van der Waals surface area (Å²) in [7, 11) is 1.70. The van der Waals surface area contributed by atoms with Gasteiger partial charge in [0.15, 0.2) is 4.96 Å². The van der Waals surface area contributed by atoms with Crippen molar-refractivity contribution in [2.75, 3.05) is 13.7 Å². The monoisotopic (exact) mass is 287 g/mol. The molecule has 0 aliphatic heterocycles. The van der Waals surface area contributed by atoms with E-state index in [0.29, 0.717) is 6.54 Å². The van der Waals surface area contributed by atoms with E-state index >= 15 is 0 Å². The molecule has 4 nitrogen and oxygen atoms in total. The summed E-state index contributed by atoms with van der Waals surface area (Å²) in [6.07, 6.45) is 2.87. The molecule has 3 aromatic rings. The van der Waals surface area contributed by atoms with Crippen molar-refractivity contribution >= 4 is 16.3 Å². The van der Waals surface area contributed by atoms with Crippen LogP contribution in [0.5, 0.6) is 5.75 Å². The summed E-state index contributed by atoms with van der Waals surface area (Å²) in [4.78, 5) is 5.58. The van der Waals surface area contributed by atoms with Gasteiger partial charge in [0.2, 0.25) is 0 Å². The number of aromatic nitrogens is 2. The van der Waals surface area contributed by atoms with Gasteiger partial charge in [0.25, 0.3) is 0 Å². The van der Waals surface area contributed by atoms with Gasteiger partial charge in [-0.05, 0) is 25.6 Å². The van der Waals surface area contributed by atoms with Gasteiger partial charge >= 0.3 is 0 Å². The van der Waals surface area contributed by atoms with Crippen molar-refractivity contribution in [2.24, 2.45) is 5.73 Å². The summed E-state index contributed by atoms with van der Waals surface area (Å²) in [6.45, 7) is 2.70. The first-order chi connectivity index (χ1) is 9.72. The van der Waals surface area contributed by atoms with Crippen molar-refractivity contribution in [3.63, 3.8) is 0 Å². The summed E-state index contributed by atoms with van der Waals surface area (Å²) in [5.74, 6) is 0.879. The van der Waals surface area contributed by atoms with Crippen LogP contribution in [0.1, 0.15) is 11.3 Å². The van der Waals surface area contributed by atoms with E-state index in [1.807, 2.05) is 6.07 Å². The van der Waals surface area contributed by atoms with Gasteiger partial charge in [-0.2, -0.15) is 0 Å². The van der Waals surface area contributed by atoms with Crippen LogP contribution in [0.15, 0.2) is 29.8 Å². The summed E-state index contributed by atoms with van der Waals surface area (Å²) < 4.78 is 7.60. The number of nitrogens with zero attached hydrogens (tertiary/aromatic N) is 2. The lowest BCUT2D eigenvalue weighted by Crippen LogP contribution is -2.02. The number of fused-ring (bicyclic) bond motifs is 1. The fourth-order valence-electron chi connectivity index (χ4n) is 2.31. The van der Waals surface area contributed by atoms with Crippen molar-refractivity contribution in [3.8, 4) is 17.0 Å². The third-order valence-corrected chi connectivity index (χ3v) is 4.13. The molecule has 104 valence electrons. The highest BCUT2D eigenvalue weighted by Gasteiger charge is 2.13. The molecule has 0 bridgehead atoms. The zero-order valence-corrected chi connectivity index (χ0v) is 12.4. The van der Waals surface area contributed by atoms with E-state index in [0.717, 1.165) is 34.1 Å². The van der Waals surface area contributed by atoms with Crippen molar-refractivity contribution in [2.45, 2.75) is 13.3 Å². The molecule has 3 rings (SSSR count). The third-order valence-electron chi connectivity index (χ3n) is 3.29. The molecule has 0 radical (unpaired) electrons. The number of hydrogen-bond acceptors (Lipinski definition) is 4. The van der Waals surface area contributed by atoms with Crippen LogP contribution in [0, 0.1) is 6.92 Å². The Morgan fingerprint density at radius 2 is 2.25 bits per heavy atom. The van der Waals surface area contributed by atoms with Gasteiger partial charge in [-0.25, -0.2) is 4.98 Å². The maximum absolute atomic E-state index is 5.60. The predicted octanol–water partition coefficient (Wildman–Crippen LogP) is 2.88. The minimum absolute atomic E-state index is 0.619. The molecule has 1 aromatic carbocycles. The number of aryl methyl sites for hydroxylation is 1. The van der Waals surface area contributed by atoms with Crippen molar-refractivity contribution in [1.82, 2.24) is 9.38 Å². The fourth-order valence-corrected chi connectivity index (χ4v) is 3.21. The summed E-state index contributed by atoms with van der Waals surface area (Å²) in [6, 6.07) is 6.20. The van der Waals surface area contributed by atoms with Crippen LogP contribution in [0.4, 0.5) is 0 Å². The Morgan fingerprint density at radius 3 is 3.00 bits per heavy atom. The molecule has 0 atom stereocenters. The Balaban J connectivity index is 2.16. The fraction of sp³-hybridized carbons (Fsp3) is 0.267. The van der Waals surface area contributed by atoms with Crippen LogP contribution in [-0.2, 0) is 6.42 Å². The second-order valence-corrected chi connectivity index (χ2v) is 5.58. The number of hydrogen-bond donors (Lipinski definition) is 1. The topological polar surface area (TPSA) is 52.5 Å². The zero-order valence-electron chi connectivity index (χ0n) is 11.6. The van der Waals surface area contributed by atoms with Crippen LogP contribution in [0.2, 0.25) is 0 Å². The van der Waals surface area contributed by atoms with Gasteiger partial charge in [0.05, 0.1) is 18.5 Å². The van der Waals surface area contributed by atoms with Gasteiger partial charge in [-0.1, -0.05) is 11.6 Å². The molecule has 0 aliphatic carbocycles. The number of thiazole rings is 1. The maximum atomic E-state index is 5.60. The average Bonchev–Trinajstić information content (AvgIpc) is 2.98. The van der Waals surface area contributed by atoms with E-state index in [-0.39, 0.29) is 0 Å². The summed E-state index contributed by atoms with van der Waals surface area (Å²) in [5.41, 5.74) is 10.1. The highest BCUT2D eigenvalue weighted by molar-refractivity contribution is 7.15. The Kier molecular flexibility index (Phi) is 3.46. The van der Waals surface area contributed by atoms with E-state index in [9.17, 15) is 0 Å². The summed E-state index contributed by atoms with van der Waals surface area (Å²) >= 11 is 1.64. The minimum Gasteiger partial charge on any atom is -0.496 e. The molecule has 5 heteroatoms. The molecule has 2 aromatic heterocycles. The Bertz CT molecular complexity index is 745. The minimum atomic E-state index is 0.619. The second kappa shape index (κ2) is 5.26. The first kappa shape index (κ1) is 13.1. The van der Waals surface area contributed by atoms with E-state index in [2.05, 4.69) is 40.0 Å². The molecule has 20 heavy (non-hydrogen) atoms. The molecule has 2 heterocycles. The number of nitrogens with two attached hydrogens (primary N) is 1. The highest BCUT2D eigenvalue weighted by Crippen LogP contribution is 2.33. The van der Waals surface area contributed by atoms with Crippen molar-refractivity contribution in [3.05, 3.63) is 41.0 Å². The van der Waals surface area contributed by atoms with Crippen LogP contribution >= 0.6 is 11.3 Å². The molecule has 0 spiro atoms. The van der Waals surface area contributed by atoms with Gasteiger partial charge < -0.3 is 10.5 Å². The molecule has 0 saturated carbocycles. The quantitative estimate of drug-likeness (QED) is 0.802. The van der Waals surface area contributed by atoms with Crippen molar-refractivity contribution < 1.29 is 4.74 Å². The van der Waals surface area contributed by atoms with Gasteiger partial charge in [0, 0.05) is 23.6 Å². The van der Waals surface area contributed by atoms with Gasteiger partial charge in [0.1, 0.15) is 5.75 Å². The lowest BCUT2D eigenvalue weighted by Gasteiger charge is -2.08. The van der Waals surface area contributed by atoms with Crippen LogP contribution < -0.4 is 10.5 Å². The molecule has 0 fully saturated rings. The number of imidazole rings is 1. The largest absolute Gasteiger partial charge is 0.496 e. The number of ether oxygens (including phenoxy) is 1. The molecule has 2 N–H and O–H groups in total. The standard InChI is InChI=1S/C15H17N3OS/c1-10-3-4-14(19-2)12(7-10)13-9-20-15-17-11(5-6-16)8-18(13)15/h3-4,7-9H,5-6,16H2,1-2H3. The molecule has 0 aliphatic rings. The predicted molar refractivity (Wildman–Crippen MR) is 82.6 cm³/mol. The van der Waals surface area contributed by atoms with Crippen LogP contribution in [0.3, 0.4) is 0 Å². The Morgan fingerprint density at radius 1 is 1.40 bits per heavy atom. The van der Waals surface area contributed by atoms with Gasteiger partial charge in [-0.15, -0.1) is 11.3 Å². The van der Waals surface area contributed by atoms with Crippen molar-refractivity contribution in [1.29, 1.82) is 0 Å². The second-order valence-electron chi connectivity index (χ2n) is 4.75. The maximum Gasteiger partial charge on any atom is 0.194 e. The van der Waals surface area contributed by atoms with E-state index < -0.39 is 0 Å². The van der Waals surface area contributed by atoms with E-state index in [1.54, 1.807) is 18.4 Å². The molecule has 0 amide bonds. The first-order valence-corrected chi connectivity index (χ1v) is 7.41. The van der Waals surface area contributed by atoms with Crippen LogP contribution in [0.25, 0.3) is 16.2 Å². The molecule has 0 unspecified atom stereocenters. The average molecular weight is 287 g/mol. The lowest BCUT2D eigenvalue weighted by molar-refractivity contribution is 0.416. The van der Waals surface area contributed by atoms with E-state index in [1.165, 1.54) is 5.56 Å². The Hall–Kier alpha value is -1.85. The zero-order chi connectivity index (χ0) is 14.1. The van der Waals surface area contributed by atoms with Crippen LogP contribution in [-0.4, -0.2) is 23.0 Å². The molecular formula is C15H17N3OS. The molecular weight excluding hydrogens is 270 g/mol. The first-order valence-electron chi connectivity index (χ1n) is 6.53. The Labute approximate surface area is 121 Å². The molecule has 0 saturated heterocycles. The smallest absolute Gasteiger partial charge is 0.194 e. The number of benzene rings is 1. The SMILES string of the molecule is COc1ccc(C)cc1-c1csc2nc(CCN)cn12. The van der Waals surface area contributed by atoms with E-state index in [4.69, 9.17) is 10.5 Å².